The van der Waals surface area contributed by atoms with Gasteiger partial charge in [-0.2, -0.15) is 0 Å². The molecule has 4 heteroatoms. The smallest absolute Gasteiger partial charge is 0.160 e. The summed E-state index contributed by atoms with van der Waals surface area (Å²) >= 11 is 3.31. The number of hydrogen-bond donors (Lipinski definition) is 1. The summed E-state index contributed by atoms with van der Waals surface area (Å²) in [7, 11) is 0. The molecule has 112 valence electrons. The molecular formula is C17H20BrFN2. The zero-order valence-electron chi connectivity index (χ0n) is 12.4. The minimum absolute atomic E-state index is 0.242. The Balaban J connectivity index is 2.34. The lowest BCUT2D eigenvalue weighted by Gasteiger charge is -2.25. The molecule has 0 fully saturated rings. The van der Waals surface area contributed by atoms with Crippen molar-refractivity contribution in [3.8, 4) is 0 Å². The van der Waals surface area contributed by atoms with Crippen LogP contribution < -0.4 is 10.6 Å². The highest BCUT2D eigenvalue weighted by Gasteiger charge is 2.16. The third kappa shape index (κ3) is 3.44. The number of nitrogens with zero attached hydrogens (tertiary/aromatic N) is 1. The van der Waals surface area contributed by atoms with E-state index in [2.05, 4.69) is 35.0 Å². The molecule has 0 aromatic heterocycles. The van der Waals surface area contributed by atoms with Crippen LogP contribution in [0.4, 0.5) is 10.1 Å². The molecule has 0 aliphatic heterocycles. The van der Waals surface area contributed by atoms with Crippen molar-refractivity contribution in [1.82, 2.24) is 0 Å². The highest BCUT2D eigenvalue weighted by atomic mass is 79.9. The van der Waals surface area contributed by atoms with Gasteiger partial charge in [-0.05, 0) is 52.5 Å². The second-order valence-electron chi connectivity index (χ2n) is 5.02. The van der Waals surface area contributed by atoms with Crippen molar-refractivity contribution in [2.45, 2.75) is 26.9 Å². The Bertz CT molecular complexity index is 628. The summed E-state index contributed by atoms with van der Waals surface area (Å²) in [6, 6.07) is 11.9. The first-order valence-electron chi connectivity index (χ1n) is 7.04. The SMILES string of the molecule is CCN(Cc1ccccc1C)c1ccc(CN)c(Br)c1F. The van der Waals surface area contributed by atoms with E-state index >= 15 is 0 Å². The number of anilines is 1. The van der Waals surface area contributed by atoms with Crippen LogP contribution in [0.1, 0.15) is 23.6 Å². The van der Waals surface area contributed by atoms with Crippen LogP contribution in [-0.4, -0.2) is 6.54 Å². The maximum absolute atomic E-state index is 14.5. The van der Waals surface area contributed by atoms with Crippen LogP contribution in [0.5, 0.6) is 0 Å². The molecule has 2 N–H and O–H groups in total. The molecule has 2 nitrogen and oxygen atoms in total. The molecule has 2 aromatic rings. The zero-order valence-corrected chi connectivity index (χ0v) is 14.0. The van der Waals surface area contributed by atoms with Gasteiger partial charge in [0.15, 0.2) is 5.82 Å². The third-order valence-electron chi connectivity index (χ3n) is 3.71. The molecule has 0 bridgehead atoms. The summed E-state index contributed by atoms with van der Waals surface area (Å²) in [5, 5.41) is 0. The fourth-order valence-electron chi connectivity index (χ4n) is 2.34. The monoisotopic (exact) mass is 350 g/mol. The zero-order chi connectivity index (χ0) is 15.4. The molecule has 2 rings (SSSR count). The largest absolute Gasteiger partial charge is 0.365 e. The van der Waals surface area contributed by atoms with E-state index in [1.54, 1.807) is 0 Å². The van der Waals surface area contributed by atoms with Gasteiger partial charge < -0.3 is 10.6 Å². The van der Waals surface area contributed by atoms with Crippen molar-refractivity contribution in [3.63, 3.8) is 0 Å². The minimum atomic E-state index is -0.242. The lowest BCUT2D eigenvalue weighted by atomic mass is 10.1. The Morgan fingerprint density at radius 2 is 1.86 bits per heavy atom. The molecule has 0 saturated carbocycles. The molecule has 0 aliphatic rings. The summed E-state index contributed by atoms with van der Waals surface area (Å²) < 4.78 is 15.0. The van der Waals surface area contributed by atoms with Crippen LogP contribution in [0.3, 0.4) is 0 Å². The number of nitrogens with two attached hydrogens (primary N) is 1. The molecule has 0 amide bonds. The van der Waals surface area contributed by atoms with Gasteiger partial charge in [-0.25, -0.2) is 4.39 Å². The molecule has 0 aliphatic carbocycles. The second-order valence-corrected chi connectivity index (χ2v) is 5.81. The fourth-order valence-corrected chi connectivity index (χ4v) is 2.84. The van der Waals surface area contributed by atoms with Gasteiger partial charge in [0.2, 0.25) is 0 Å². The molecular weight excluding hydrogens is 331 g/mol. The topological polar surface area (TPSA) is 29.3 Å². The number of halogens is 2. The summed E-state index contributed by atoms with van der Waals surface area (Å²) in [5.74, 6) is -0.242. The molecule has 0 saturated heterocycles. The summed E-state index contributed by atoms with van der Waals surface area (Å²) in [4.78, 5) is 2.03. The van der Waals surface area contributed by atoms with Gasteiger partial charge in [-0.1, -0.05) is 30.3 Å². The predicted molar refractivity (Wildman–Crippen MR) is 89.9 cm³/mol. The van der Waals surface area contributed by atoms with Crippen LogP contribution in [0, 0.1) is 12.7 Å². The number of benzene rings is 2. The van der Waals surface area contributed by atoms with E-state index in [0.29, 0.717) is 23.2 Å². The van der Waals surface area contributed by atoms with E-state index in [-0.39, 0.29) is 5.82 Å². The highest BCUT2D eigenvalue weighted by Crippen LogP contribution is 2.30. The third-order valence-corrected chi connectivity index (χ3v) is 4.56. The first-order valence-corrected chi connectivity index (χ1v) is 7.84. The second kappa shape index (κ2) is 7.05. The van der Waals surface area contributed by atoms with Crippen LogP contribution in [-0.2, 0) is 13.1 Å². The van der Waals surface area contributed by atoms with Crippen molar-refractivity contribution in [3.05, 3.63) is 63.4 Å². The van der Waals surface area contributed by atoms with E-state index in [4.69, 9.17) is 5.73 Å². The lowest BCUT2D eigenvalue weighted by molar-refractivity contribution is 0.608. The average molecular weight is 351 g/mol. The first kappa shape index (κ1) is 16.0. The van der Waals surface area contributed by atoms with Crippen molar-refractivity contribution >= 4 is 21.6 Å². The van der Waals surface area contributed by atoms with Gasteiger partial charge in [0.25, 0.3) is 0 Å². The summed E-state index contributed by atoms with van der Waals surface area (Å²) in [6.07, 6.45) is 0. The highest BCUT2D eigenvalue weighted by molar-refractivity contribution is 9.10. The molecule has 0 spiro atoms. The van der Waals surface area contributed by atoms with Crippen LogP contribution >= 0.6 is 15.9 Å². The van der Waals surface area contributed by atoms with Gasteiger partial charge in [-0.3, -0.25) is 0 Å². The summed E-state index contributed by atoms with van der Waals surface area (Å²) in [6.45, 7) is 5.85. The number of rotatable bonds is 5. The van der Waals surface area contributed by atoms with Crippen molar-refractivity contribution < 1.29 is 4.39 Å². The van der Waals surface area contributed by atoms with E-state index in [1.807, 2.05) is 36.1 Å². The van der Waals surface area contributed by atoms with Crippen molar-refractivity contribution in [1.29, 1.82) is 0 Å². The first-order chi connectivity index (χ1) is 10.1. The van der Waals surface area contributed by atoms with Gasteiger partial charge in [0, 0.05) is 19.6 Å². The van der Waals surface area contributed by atoms with Gasteiger partial charge in [0.05, 0.1) is 10.2 Å². The average Bonchev–Trinajstić information content (AvgIpc) is 2.50. The number of aryl methyl sites for hydroxylation is 1. The molecule has 0 atom stereocenters. The minimum Gasteiger partial charge on any atom is -0.365 e. The molecule has 2 aromatic carbocycles. The Morgan fingerprint density at radius 3 is 2.48 bits per heavy atom. The van der Waals surface area contributed by atoms with Crippen molar-refractivity contribution in [2.24, 2.45) is 5.73 Å². The molecule has 0 heterocycles. The molecule has 21 heavy (non-hydrogen) atoms. The van der Waals surface area contributed by atoms with E-state index in [9.17, 15) is 4.39 Å². The van der Waals surface area contributed by atoms with Crippen LogP contribution in [0.15, 0.2) is 40.9 Å². The lowest BCUT2D eigenvalue weighted by Crippen LogP contribution is -2.24. The van der Waals surface area contributed by atoms with Crippen LogP contribution in [0.2, 0.25) is 0 Å². The summed E-state index contributed by atoms with van der Waals surface area (Å²) in [5.41, 5.74) is 9.42. The fraction of sp³-hybridized carbons (Fsp3) is 0.294. The van der Waals surface area contributed by atoms with E-state index < -0.39 is 0 Å². The van der Waals surface area contributed by atoms with Gasteiger partial charge in [0.1, 0.15) is 0 Å². The van der Waals surface area contributed by atoms with Crippen molar-refractivity contribution in [2.75, 3.05) is 11.4 Å². The van der Waals surface area contributed by atoms with Crippen LogP contribution in [0.25, 0.3) is 0 Å². The standard InChI is InChI=1S/C17H20BrFN2/c1-3-21(11-14-7-5-4-6-12(14)2)15-9-8-13(10-20)16(18)17(15)19/h4-9H,3,10-11,20H2,1-2H3. The Kier molecular flexibility index (Phi) is 5.37. The predicted octanol–water partition coefficient (Wildman–Crippen LogP) is 4.38. The Morgan fingerprint density at radius 1 is 1.14 bits per heavy atom. The van der Waals surface area contributed by atoms with E-state index in [1.165, 1.54) is 11.1 Å². The quantitative estimate of drug-likeness (QED) is 0.866. The van der Waals surface area contributed by atoms with E-state index in [0.717, 1.165) is 12.1 Å². The Hall–Kier alpha value is -1.39. The maximum Gasteiger partial charge on any atom is 0.160 e. The maximum atomic E-state index is 14.5. The molecule has 0 radical (unpaired) electrons. The van der Waals surface area contributed by atoms with Gasteiger partial charge >= 0.3 is 0 Å². The van der Waals surface area contributed by atoms with Gasteiger partial charge in [-0.15, -0.1) is 0 Å². The molecule has 0 unspecified atom stereocenters. The Labute approximate surface area is 133 Å². The normalized spacial score (nSPS) is 10.7. The number of hydrogen-bond acceptors (Lipinski definition) is 2.